The molecular weight excluding hydrogens is 639 g/mol. The molecule has 0 fully saturated rings. The molecule has 0 radical (unpaired) electrons. The number of aromatic nitrogens is 1. The summed E-state index contributed by atoms with van der Waals surface area (Å²) < 4.78 is 11.4. The highest BCUT2D eigenvalue weighted by molar-refractivity contribution is 7.26. The summed E-state index contributed by atoms with van der Waals surface area (Å²) in [5.74, 6) is 0. The predicted molar refractivity (Wildman–Crippen MR) is 217 cm³/mol. The lowest BCUT2D eigenvalue weighted by atomic mass is 9.95. The topological polar surface area (TPSA) is 18.1 Å². The molecule has 8 aromatic carbocycles. The van der Waals surface area contributed by atoms with Gasteiger partial charge in [-0.05, 0) is 81.9 Å². The van der Waals surface area contributed by atoms with Crippen molar-refractivity contribution in [3.63, 3.8) is 0 Å². The summed E-state index contributed by atoms with van der Waals surface area (Å²) in [4.78, 5) is 0. The highest BCUT2D eigenvalue weighted by atomic mass is 32.1. The summed E-state index contributed by atoms with van der Waals surface area (Å²) >= 11 is 1.88. The van der Waals surface area contributed by atoms with Gasteiger partial charge in [0.2, 0.25) is 0 Å². The van der Waals surface area contributed by atoms with Gasteiger partial charge in [-0.25, -0.2) is 0 Å². The van der Waals surface area contributed by atoms with Crippen LogP contribution >= 0.6 is 11.3 Å². The molecule has 3 aromatic heterocycles. The Morgan fingerprint density at radius 2 is 0.961 bits per heavy atom. The molecule has 0 bridgehead atoms. The SMILES string of the molecule is c1ccc(-c2ccc3c(c2)c2cc(-c4ccccc4)ccc2n3-c2cccc3c2sc2cccc(-c4cccc5oc6ccccc6c45)c23)cc1. The van der Waals surface area contributed by atoms with E-state index in [4.69, 9.17) is 4.42 Å². The van der Waals surface area contributed by atoms with E-state index in [0.717, 1.165) is 16.6 Å². The predicted octanol–water partition coefficient (Wildman–Crippen LogP) is 14.1. The third-order valence-electron chi connectivity index (χ3n) is 10.4. The van der Waals surface area contributed by atoms with Crippen LogP contribution in [0.2, 0.25) is 0 Å². The molecule has 11 aromatic rings. The quantitative estimate of drug-likeness (QED) is 0.183. The average Bonchev–Trinajstić information content (AvgIpc) is 3.88. The molecule has 11 rings (SSSR count). The van der Waals surface area contributed by atoms with Crippen LogP contribution in [0.1, 0.15) is 0 Å². The lowest BCUT2D eigenvalue weighted by molar-refractivity contribution is 0.669. The maximum Gasteiger partial charge on any atom is 0.136 e. The fraction of sp³-hybridized carbons (Fsp3) is 0. The van der Waals surface area contributed by atoms with Crippen LogP contribution in [0.5, 0.6) is 0 Å². The van der Waals surface area contributed by atoms with Crippen molar-refractivity contribution in [1.82, 2.24) is 4.57 Å². The van der Waals surface area contributed by atoms with Gasteiger partial charge in [-0.15, -0.1) is 11.3 Å². The van der Waals surface area contributed by atoms with Crippen molar-refractivity contribution in [2.45, 2.75) is 0 Å². The van der Waals surface area contributed by atoms with Gasteiger partial charge in [-0.1, -0.05) is 127 Å². The van der Waals surface area contributed by atoms with Crippen LogP contribution in [-0.2, 0) is 0 Å². The highest BCUT2D eigenvalue weighted by Crippen LogP contribution is 2.47. The van der Waals surface area contributed by atoms with Crippen LogP contribution in [0, 0.1) is 0 Å². The number of thiophene rings is 1. The van der Waals surface area contributed by atoms with E-state index in [2.05, 4.69) is 174 Å². The molecule has 0 saturated carbocycles. The van der Waals surface area contributed by atoms with E-state index in [1.807, 2.05) is 17.4 Å². The molecule has 0 spiro atoms. The first-order valence-corrected chi connectivity index (χ1v) is 18.2. The van der Waals surface area contributed by atoms with Crippen molar-refractivity contribution in [3.8, 4) is 39.1 Å². The number of fused-ring (bicyclic) bond motifs is 9. The van der Waals surface area contributed by atoms with Gasteiger partial charge < -0.3 is 8.98 Å². The zero-order valence-corrected chi connectivity index (χ0v) is 28.3. The summed E-state index contributed by atoms with van der Waals surface area (Å²) in [6.07, 6.45) is 0. The fourth-order valence-electron chi connectivity index (χ4n) is 8.14. The van der Waals surface area contributed by atoms with Gasteiger partial charge in [-0.2, -0.15) is 0 Å². The zero-order valence-electron chi connectivity index (χ0n) is 27.5. The normalized spacial score (nSPS) is 11.9. The van der Waals surface area contributed by atoms with Crippen LogP contribution in [-0.4, -0.2) is 4.57 Å². The van der Waals surface area contributed by atoms with E-state index < -0.39 is 0 Å². The second-order valence-electron chi connectivity index (χ2n) is 13.2. The standard InChI is InChI=1S/C48H29NOS/c1-3-12-30(13-4-1)32-24-26-40-38(28-32)39-29-33(31-14-5-2-6-15-31)25-27-41(39)49(40)42-20-9-19-37-47-35(18-11-23-45(47)51-48(37)42)34-17-10-22-44-46(34)36-16-7-8-21-43(36)50-44/h1-29H. The second kappa shape index (κ2) is 11.0. The van der Waals surface area contributed by atoms with E-state index >= 15 is 0 Å². The Hall–Kier alpha value is -6.42. The summed E-state index contributed by atoms with van der Waals surface area (Å²) in [6.45, 7) is 0. The molecule has 0 aliphatic rings. The molecule has 3 heterocycles. The third kappa shape index (κ3) is 4.29. The molecular formula is C48H29NOS. The molecule has 0 aliphatic carbocycles. The van der Waals surface area contributed by atoms with Gasteiger partial charge in [0, 0.05) is 37.0 Å². The Balaban J connectivity index is 1.19. The Morgan fingerprint density at radius 3 is 1.67 bits per heavy atom. The first kappa shape index (κ1) is 28.4. The monoisotopic (exact) mass is 667 g/mol. The number of hydrogen-bond acceptors (Lipinski definition) is 2. The van der Waals surface area contributed by atoms with E-state index in [1.54, 1.807) is 0 Å². The molecule has 0 N–H and O–H groups in total. The lowest BCUT2D eigenvalue weighted by Gasteiger charge is -2.11. The van der Waals surface area contributed by atoms with Gasteiger partial charge >= 0.3 is 0 Å². The maximum atomic E-state index is 6.32. The summed E-state index contributed by atoms with van der Waals surface area (Å²) in [7, 11) is 0. The molecule has 0 unspecified atom stereocenters. The van der Waals surface area contributed by atoms with Crippen LogP contribution in [0.3, 0.4) is 0 Å². The Morgan fingerprint density at radius 1 is 0.392 bits per heavy atom. The number of nitrogens with zero attached hydrogens (tertiary/aromatic N) is 1. The first-order valence-electron chi connectivity index (χ1n) is 17.3. The molecule has 2 nitrogen and oxygen atoms in total. The van der Waals surface area contributed by atoms with Crippen LogP contribution < -0.4 is 0 Å². The zero-order chi connectivity index (χ0) is 33.5. The van der Waals surface area contributed by atoms with E-state index in [1.165, 1.54) is 86.4 Å². The number of furan rings is 1. The number of para-hydroxylation sites is 1. The van der Waals surface area contributed by atoms with Gasteiger partial charge in [0.05, 0.1) is 21.4 Å². The van der Waals surface area contributed by atoms with Crippen molar-refractivity contribution in [3.05, 3.63) is 176 Å². The number of hydrogen-bond donors (Lipinski definition) is 0. The van der Waals surface area contributed by atoms with Crippen LogP contribution in [0.25, 0.3) is 103 Å². The van der Waals surface area contributed by atoms with Crippen molar-refractivity contribution in [2.75, 3.05) is 0 Å². The Kier molecular flexibility index (Phi) is 6.16. The molecule has 0 aliphatic heterocycles. The van der Waals surface area contributed by atoms with Crippen molar-refractivity contribution in [1.29, 1.82) is 0 Å². The molecule has 0 saturated heterocycles. The number of benzene rings is 8. The summed E-state index contributed by atoms with van der Waals surface area (Å²) in [5, 5.41) is 7.38. The van der Waals surface area contributed by atoms with Crippen molar-refractivity contribution >= 4 is 75.3 Å². The molecule has 0 amide bonds. The van der Waals surface area contributed by atoms with E-state index in [-0.39, 0.29) is 0 Å². The van der Waals surface area contributed by atoms with E-state index in [0.29, 0.717) is 0 Å². The lowest BCUT2D eigenvalue weighted by Crippen LogP contribution is -1.94. The fourth-order valence-corrected chi connectivity index (χ4v) is 9.37. The summed E-state index contributed by atoms with van der Waals surface area (Å²) in [6, 6.07) is 63.6. The van der Waals surface area contributed by atoms with Crippen LogP contribution in [0.4, 0.5) is 0 Å². The minimum Gasteiger partial charge on any atom is -0.456 e. The van der Waals surface area contributed by atoms with Gasteiger partial charge in [0.1, 0.15) is 11.2 Å². The minimum atomic E-state index is 0.918. The Labute approximate surface area is 298 Å². The first-order chi connectivity index (χ1) is 25.3. The highest BCUT2D eigenvalue weighted by Gasteiger charge is 2.21. The van der Waals surface area contributed by atoms with Gasteiger partial charge in [0.25, 0.3) is 0 Å². The van der Waals surface area contributed by atoms with Crippen LogP contribution in [0.15, 0.2) is 180 Å². The van der Waals surface area contributed by atoms with Gasteiger partial charge in [-0.3, -0.25) is 0 Å². The molecule has 51 heavy (non-hydrogen) atoms. The number of rotatable bonds is 4. The molecule has 238 valence electrons. The minimum absolute atomic E-state index is 0.918. The van der Waals surface area contributed by atoms with Crippen molar-refractivity contribution in [2.24, 2.45) is 0 Å². The smallest absolute Gasteiger partial charge is 0.136 e. The van der Waals surface area contributed by atoms with Gasteiger partial charge in [0.15, 0.2) is 0 Å². The Bertz CT molecular complexity index is 3030. The summed E-state index contributed by atoms with van der Waals surface area (Å²) in [5.41, 5.74) is 12.8. The average molecular weight is 668 g/mol. The van der Waals surface area contributed by atoms with E-state index in [9.17, 15) is 0 Å². The maximum absolute atomic E-state index is 6.32. The second-order valence-corrected chi connectivity index (χ2v) is 14.3. The molecule has 3 heteroatoms. The molecule has 0 atom stereocenters. The third-order valence-corrected chi connectivity index (χ3v) is 11.6. The largest absolute Gasteiger partial charge is 0.456 e. The van der Waals surface area contributed by atoms with Crippen molar-refractivity contribution < 1.29 is 4.42 Å².